The van der Waals surface area contributed by atoms with Crippen LogP contribution in [0.4, 0.5) is 0 Å². The van der Waals surface area contributed by atoms with Crippen LogP contribution in [0, 0.1) is 0 Å². The van der Waals surface area contributed by atoms with Gasteiger partial charge in [0.1, 0.15) is 0 Å². The lowest BCUT2D eigenvalue weighted by Crippen LogP contribution is -2.58. The molecule has 10 heterocycles. The molecule has 378 valence electrons. The summed E-state index contributed by atoms with van der Waals surface area (Å²) in [5.74, 6) is -5.81. The third-order valence-electron chi connectivity index (χ3n) is 15.2. The van der Waals surface area contributed by atoms with Crippen LogP contribution in [0.25, 0.3) is 0 Å². The minimum Gasteiger partial charge on any atom is -0.546 e. The molecule has 0 radical (unpaired) electrons. The highest BCUT2D eigenvalue weighted by molar-refractivity contribution is 7.09. The third kappa shape index (κ3) is 7.99. The topological polar surface area (TPSA) is 193 Å². The average Bonchev–Trinajstić information content (AvgIpc) is 4.41. The zero-order valence-corrected chi connectivity index (χ0v) is 41.8. The van der Waals surface area contributed by atoms with Gasteiger partial charge in [-0.15, -0.1) is 0 Å². The molecule has 6 aromatic heterocycles. The Morgan fingerprint density at radius 3 is 1.12 bits per heavy atom. The van der Waals surface area contributed by atoms with Crippen molar-refractivity contribution in [3.63, 3.8) is 0 Å². The number of benzene rings is 4. The highest BCUT2D eigenvalue weighted by Gasteiger charge is 2.62. The largest absolute Gasteiger partial charge is 0.546 e. The number of hydrogen-bond donors (Lipinski definition) is 0. The van der Waals surface area contributed by atoms with Crippen molar-refractivity contribution in [2.75, 3.05) is 0 Å². The van der Waals surface area contributed by atoms with Gasteiger partial charge in [-0.2, -0.15) is 9.13 Å². The molecule has 0 saturated carbocycles. The van der Waals surface area contributed by atoms with Crippen LogP contribution in [0.5, 0.6) is 0 Å². The van der Waals surface area contributed by atoms with E-state index in [1.165, 1.54) is 103 Å². The summed E-state index contributed by atoms with van der Waals surface area (Å²) in [5, 5.41) is 29.8. The van der Waals surface area contributed by atoms with E-state index in [0.29, 0.717) is 12.1 Å². The Balaban J connectivity index is 0.000000115. The molecule has 0 fully saturated rings. The highest BCUT2D eigenvalue weighted by Crippen LogP contribution is 2.62. The highest BCUT2D eigenvalue weighted by atomic mass is 32.1. The number of thiazole rings is 2. The lowest BCUT2D eigenvalue weighted by atomic mass is 9.55. The number of nitrogens with zero attached hydrogens (tertiary/aromatic N) is 2. The predicted molar refractivity (Wildman–Crippen MR) is 269 cm³/mol. The molecular weight excluding hydrogens is 1000 g/mol. The molecule has 4 unspecified atom stereocenters. The molecule has 16 rings (SSSR count). The fourth-order valence-corrected chi connectivity index (χ4v) is 14.2. The van der Waals surface area contributed by atoms with Gasteiger partial charge >= 0.3 is 11.9 Å². The number of carboxylic acids is 2. The second-order valence-electron chi connectivity index (χ2n) is 18.9. The second-order valence-corrected chi connectivity index (χ2v) is 20.7. The number of aromatic nitrogens is 2. The molecule has 16 heteroatoms. The second kappa shape index (κ2) is 19.8. The molecule has 0 N–H and O–H groups in total. The van der Waals surface area contributed by atoms with Gasteiger partial charge in [-0.3, -0.25) is 0 Å². The van der Waals surface area contributed by atoms with Gasteiger partial charge in [0.15, 0.2) is 36.7 Å². The summed E-state index contributed by atoms with van der Waals surface area (Å²) in [6.45, 7) is 0. The maximum atomic E-state index is 12.0. The molecule has 4 bridgehead atoms. The number of rotatable bonds is 11. The molecule has 76 heavy (non-hydrogen) atoms. The number of hydrogen-bond acceptors (Lipinski definition) is 14. The van der Waals surface area contributed by atoms with Crippen LogP contribution in [0.2, 0.25) is 0 Å². The van der Waals surface area contributed by atoms with Crippen molar-refractivity contribution in [1.82, 2.24) is 0 Å². The first-order chi connectivity index (χ1) is 37.2. The van der Waals surface area contributed by atoms with Crippen molar-refractivity contribution < 1.29 is 65.7 Å². The van der Waals surface area contributed by atoms with Gasteiger partial charge in [-0.05, 0) is 59.7 Å². The van der Waals surface area contributed by atoms with Crippen LogP contribution in [0.15, 0.2) is 224 Å². The fourth-order valence-electron chi connectivity index (χ4n) is 12.0. The van der Waals surface area contributed by atoms with Crippen LogP contribution >= 0.6 is 22.7 Å². The summed E-state index contributed by atoms with van der Waals surface area (Å²) in [6.07, 6.45) is 16.5. The Hall–Kier alpha value is -8.86. The Kier molecular flexibility index (Phi) is 12.5. The summed E-state index contributed by atoms with van der Waals surface area (Å²) >= 11 is 3.70. The van der Waals surface area contributed by atoms with E-state index in [1.54, 1.807) is 37.2 Å². The SMILES string of the molecule is O=C(O[C@@H](C(=O)[O-])[C@@H](OC(=O)c1ccccc1)C(=O)[O-])c1ccccc1.c1ccc2c(c1)C1CC(c3ccoc3)(c3ccoc3)C2c2scc[n+]21.c1ccc2c(c1)C1CC(c3ccoc3)(c3ccoc3)C2c2scc[n+]21. The minimum absolute atomic E-state index is 0.0229. The molecule has 0 amide bonds. The molecular formula is C60H44N2O12S2. The molecule has 6 atom stereocenters. The van der Waals surface area contributed by atoms with Gasteiger partial charge in [-0.25, -0.2) is 9.59 Å². The van der Waals surface area contributed by atoms with Crippen molar-refractivity contribution in [3.8, 4) is 0 Å². The van der Waals surface area contributed by atoms with Crippen molar-refractivity contribution in [1.29, 1.82) is 0 Å². The van der Waals surface area contributed by atoms with Gasteiger partial charge in [-0.1, -0.05) is 108 Å². The molecule has 4 aromatic carbocycles. The smallest absolute Gasteiger partial charge is 0.338 e. The van der Waals surface area contributed by atoms with Crippen LogP contribution in [-0.4, -0.2) is 36.1 Å². The predicted octanol–water partition coefficient (Wildman–Crippen LogP) is 8.23. The molecule has 4 aliphatic heterocycles. The van der Waals surface area contributed by atoms with E-state index < -0.39 is 36.1 Å². The lowest BCUT2D eigenvalue weighted by Gasteiger charge is -2.47. The van der Waals surface area contributed by atoms with E-state index in [-0.39, 0.29) is 33.8 Å². The third-order valence-corrected chi connectivity index (χ3v) is 17.1. The monoisotopic (exact) mass is 1050 g/mol. The van der Waals surface area contributed by atoms with Gasteiger partial charge in [0.05, 0.1) is 107 Å². The minimum atomic E-state index is -2.39. The van der Waals surface area contributed by atoms with E-state index in [1.807, 2.05) is 47.7 Å². The van der Waals surface area contributed by atoms with Crippen molar-refractivity contribution in [2.24, 2.45) is 0 Å². The summed E-state index contributed by atoms with van der Waals surface area (Å²) < 4.78 is 36.3. The zero-order chi connectivity index (χ0) is 52.0. The number of furan rings is 4. The number of esters is 2. The summed E-state index contributed by atoms with van der Waals surface area (Å²) in [4.78, 5) is 46.5. The average molecular weight is 1050 g/mol. The first-order valence-corrected chi connectivity index (χ1v) is 26.1. The van der Waals surface area contributed by atoms with Gasteiger partial charge in [0, 0.05) is 46.2 Å². The van der Waals surface area contributed by atoms with E-state index >= 15 is 0 Å². The van der Waals surface area contributed by atoms with Crippen LogP contribution < -0.4 is 19.3 Å². The summed E-state index contributed by atoms with van der Waals surface area (Å²) in [6, 6.07) is 41.5. The van der Waals surface area contributed by atoms with E-state index in [0.717, 1.165) is 12.8 Å². The van der Waals surface area contributed by atoms with Gasteiger partial charge in [0.25, 0.3) is 0 Å². The van der Waals surface area contributed by atoms with Gasteiger partial charge in [0.2, 0.25) is 10.0 Å². The molecule has 6 aliphatic rings. The quantitative estimate of drug-likeness (QED) is 0.0892. The van der Waals surface area contributed by atoms with Crippen LogP contribution in [-0.2, 0) is 29.9 Å². The number of ether oxygens (including phenoxy) is 2. The number of carbonyl (C=O) groups is 4. The molecule has 2 aliphatic carbocycles. The normalized spacial score (nSPS) is 19.1. The van der Waals surface area contributed by atoms with Crippen molar-refractivity contribution in [3.05, 3.63) is 272 Å². The lowest BCUT2D eigenvalue weighted by molar-refractivity contribution is -0.727. The Bertz CT molecular complexity index is 3350. The standard InChI is InChI=1S/2C21H16NO2S.C18H14O8/c2*1-2-4-17-16(3-1)18-11-21(14-5-8-23-12-14,15-6-9-24-13-15)19(17)20-22(18)7-10-25-20;19-15(20)13(25-17(23)11-7-3-1-4-8-11)14(16(21)22)26-18(24)12-9-5-2-6-10-12/h2*1-10,12-13,18-19H,11H2;1-10,13-14H,(H,19,20)(H,21,22)/q2*+1;/p-2/t;;13-,14-/m..1/s1. The zero-order valence-electron chi connectivity index (χ0n) is 40.1. The molecule has 0 spiro atoms. The van der Waals surface area contributed by atoms with E-state index in [4.69, 9.17) is 17.7 Å². The summed E-state index contributed by atoms with van der Waals surface area (Å²) in [7, 11) is 0. The fraction of sp³-hybridized carbons (Fsp3) is 0.167. The maximum absolute atomic E-state index is 12.0. The number of fused-ring (bicyclic) bond motifs is 2. The maximum Gasteiger partial charge on any atom is 0.338 e. The van der Waals surface area contributed by atoms with Crippen molar-refractivity contribution in [2.45, 2.75) is 59.8 Å². The summed E-state index contributed by atoms with van der Waals surface area (Å²) in [5.41, 5.74) is 10.4. The Labute approximate surface area is 442 Å². The first kappa shape index (κ1) is 48.1. The molecule has 14 nitrogen and oxygen atoms in total. The van der Waals surface area contributed by atoms with E-state index in [2.05, 4.69) is 115 Å². The first-order valence-electron chi connectivity index (χ1n) is 24.4. The molecule has 10 aromatic rings. The molecule has 0 saturated heterocycles. The van der Waals surface area contributed by atoms with Crippen LogP contribution in [0.1, 0.15) is 112 Å². The van der Waals surface area contributed by atoms with E-state index in [9.17, 15) is 29.4 Å². The van der Waals surface area contributed by atoms with Gasteiger partial charge < -0.3 is 46.9 Å². The van der Waals surface area contributed by atoms with Crippen LogP contribution in [0.3, 0.4) is 0 Å². The number of carbonyl (C=O) groups excluding carboxylic acids is 4. The van der Waals surface area contributed by atoms with Crippen molar-refractivity contribution >= 4 is 46.6 Å². The Morgan fingerprint density at radius 1 is 0.474 bits per heavy atom. The number of aliphatic carboxylic acids is 2. The Morgan fingerprint density at radius 2 is 0.803 bits per heavy atom. The number of carboxylic acid groups (broad SMARTS) is 2.